The molecule has 43 heavy (non-hydrogen) atoms. The minimum atomic E-state index is -0.992. The van der Waals surface area contributed by atoms with Crippen molar-refractivity contribution < 1.29 is 9.59 Å². The van der Waals surface area contributed by atoms with Crippen molar-refractivity contribution in [2.45, 2.75) is 31.6 Å². The lowest BCUT2D eigenvalue weighted by atomic mass is 9.72. The number of aryl methyl sites for hydroxylation is 1. The Morgan fingerprint density at radius 3 is 2.67 bits per heavy atom. The van der Waals surface area contributed by atoms with Gasteiger partial charge in [0.25, 0.3) is 0 Å². The minimum Gasteiger partial charge on any atom is -0.389 e. The molecule has 1 aliphatic heterocycles. The van der Waals surface area contributed by atoms with Gasteiger partial charge in [0.1, 0.15) is 22.6 Å². The Kier molecular flexibility index (Phi) is 8.35. The largest absolute Gasteiger partial charge is 0.389 e. The molecule has 222 valence electrons. The van der Waals surface area contributed by atoms with E-state index in [4.69, 9.17) is 16.1 Å². The fourth-order valence-electron chi connectivity index (χ4n) is 5.80. The van der Waals surface area contributed by atoms with Gasteiger partial charge in [0, 0.05) is 49.4 Å². The molecule has 3 heterocycles. The lowest BCUT2D eigenvalue weighted by Gasteiger charge is -2.34. The van der Waals surface area contributed by atoms with E-state index in [-0.39, 0.29) is 17.6 Å². The number of piperazine rings is 1. The lowest BCUT2D eigenvalue weighted by molar-refractivity contribution is -0.125. The second-order valence-electron chi connectivity index (χ2n) is 11.3. The van der Waals surface area contributed by atoms with Crippen molar-refractivity contribution in [1.82, 2.24) is 15.2 Å². The van der Waals surface area contributed by atoms with Gasteiger partial charge >= 0.3 is 0 Å². The van der Waals surface area contributed by atoms with E-state index in [9.17, 15) is 14.9 Å². The monoisotopic (exact) mass is 596 g/mol. The number of amidine groups is 1. The van der Waals surface area contributed by atoms with Crippen LogP contribution < -0.4 is 20.9 Å². The van der Waals surface area contributed by atoms with Crippen LogP contribution in [0.2, 0.25) is 0 Å². The molecule has 2 aromatic heterocycles. The Labute approximate surface area is 255 Å². The number of nitrogens with two attached hydrogens (primary N) is 1. The lowest BCUT2D eigenvalue weighted by Crippen LogP contribution is -2.47. The van der Waals surface area contributed by atoms with Gasteiger partial charge in [-0.2, -0.15) is 5.26 Å². The molecular formula is C32H36N8O2S. The zero-order chi connectivity index (χ0) is 30.9. The molecule has 10 nitrogen and oxygen atoms in total. The van der Waals surface area contributed by atoms with Crippen LogP contribution in [0.1, 0.15) is 41.5 Å². The number of thiophene rings is 1. The van der Waals surface area contributed by atoms with Crippen molar-refractivity contribution in [2.75, 3.05) is 55.8 Å². The molecule has 1 aromatic carbocycles. The van der Waals surface area contributed by atoms with Crippen LogP contribution >= 0.6 is 11.3 Å². The first-order valence-corrected chi connectivity index (χ1v) is 15.1. The number of likely N-dealkylation sites (N-methyl/N-ethyl adjacent to an activating group) is 2. The van der Waals surface area contributed by atoms with Crippen LogP contribution in [-0.2, 0) is 21.4 Å². The van der Waals surface area contributed by atoms with Gasteiger partial charge < -0.3 is 25.8 Å². The third-order valence-electron chi connectivity index (χ3n) is 8.46. The van der Waals surface area contributed by atoms with Crippen molar-refractivity contribution >= 4 is 45.5 Å². The summed E-state index contributed by atoms with van der Waals surface area (Å²) < 4.78 is 0. The summed E-state index contributed by atoms with van der Waals surface area (Å²) >= 11 is 1.37. The standard InChI is InChI=1S/C32H36N8O2S/c1-5-27(41)39(4)22-9-6-8-20(16-22)21-17-24(36-26(18-21)40-14-12-38(3)13-15-40)29(34)37-31(42)32(2)11-7-10-25-28(32)23(19-33)30(35)43-25/h5-6,8-9,16-18H,1,7,10-15,35H2,2-4H3,(H2,34,37,42). The maximum atomic E-state index is 13.8. The molecule has 3 aromatic rings. The van der Waals surface area contributed by atoms with Crippen molar-refractivity contribution in [3.8, 4) is 17.2 Å². The van der Waals surface area contributed by atoms with E-state index in [2.05, 4.69) is 34.8 Å². The number of pyridine rings is 1. The van der Waals surface area contributed by atoms with Gasteiger partial charge in [-0.15, -0.1) is 11.3 Å². The molecule has 2 aliphatic rings. The van der Waals surface area contributed by atoms with Crippen LogP contribution in [-0.4, -0.2) is 67.8 Å². The summed E-state index contributed by atoms with van der Waals surface area (Å²) in [7, 11) is 3.78. The van der Waals surface area contributed by atoms with E-state index >= 15 is 0 Å². The van der Waals surface area contributed by atoms with Gasteiger partial charge in [-0.3, -0.25) is 15.0 Å². The van der Waals surface area contributed by atoms with Crippen LogP contribution in [0.3, 0.4) is 0 Å². The number of benzene rings is 1. The molecule has 11 heteroatoms. The highest BCUT2D eigenvalue weighted by Crippen LogP contribution is 2.45. The summed E-state index contributed by atoms with van der Waals surface area (Å²) in [6, 6.07) is 13.5. The Bertz CT molecular complexity index is 1650. The molecule has 4 N–H and O–H groups in total. The van der Waals surface area contributed by atoms with E-state index in [1.165, 1.54) is 22.3 Å². The summed E-state index contributed by atoms with van der Waals surface area (Å²) in [6.07, 6.45) is 3.38. The number of nitriles is 1. The first-order valence-electron chi connectivity index (χ1n) is 14.2. The number of fused-ring (bicyclic) bond motifs is 1. The first kappa shape index (κ1) is 29.9. The van der Waals surface area contributed by atoms with Gasteiger partial charge in [-0.1, -0.05) is 18.7 Å². The highest BCUT2D eigenvalue weighted by atomic mass is 32.1. The molecule has 0 saturated carbocycles. The van der Waals surface area contributed by atoms with E-state index in [0.717, 1.165) is 55.0 Å². The number of aromatic nitrogens is 1. The maximum Gasteiger partial charge on any atom is 0.250 e. The zero-order valence-electron chi connectivity index (χ0n) is 24.7. The van der Waals surface area contributed by atoms with Gasteiger partial charge in [-0.05, 0) is 74.7 Å². The van der Waals surface area contributed by atoms with Crippen LogP contribution in [0.5, 0.6) is 0 Å². The third-order valence-corrected chi connectivity index (χ3v) is 9.54. The van der Waals surface area contributed by atoms with Crippen molar-refractivity contribution in [2.24, 2.45) is 0 Å². The fraction of sp³-hybridized carbons (Fsp3) is 0.344. The first-order chi connectivity index (χ1) is 20.5. The van der Waals surface area contributed by atoms with Gasteiger partial charge in [-0.25, -0.2) is 4.98 Å². The molecule has 1 atom stereocenters. The number of nitrogen functional groups attached to an aromatic ring is 1. The zero-order valence-corrected chi connectivity index (χ0v) is 25.6. The Balaban J connectivity index is 1.51. The van der Waals surface area contributed by atoms with Gasteiger partial charge in [0.05, 0.1) is 11.0 Å². The molecule has 1 saturated heterocycles. The second-order valence-corrected chi connectivity index (χ2v) is 12.4. The Hall–Kier alpha value is -4.53. The highest BCUT2D eigenvalue weighted by Gasteiger charge is 2.43. The Morgan fingerprint density at radius 2 is 1.98 bits per heavy atom. The number of carbonyl (C=O) groups is 2. The van der Waals surface area contributed by atoms with E-state index in [1.54, 1.807) is 13.1 Å². The summed E-state index contributed by atoms with van der Waals surface area (Å²) in [5.41, 5.74) is 8.88. The molecule has 1 aliphatic carbocycles. The topological polar surface area (TPSA) is 142 Å². The van der Waals surface area contributed by atoms with Crippen molar-refractivity contribution in [3.63, 3.8) is 0 Å². The summed E-state index contributed by atoms with van der Waals surface area (Å²) in [4.78, 5) is 37.9. The van der Waals surface area contributed by atoms with Crippen LogP contribution in [0.15, 0.2) is 49.1 Å². The molecular weight excluding hydrogens is 560 g/mol. The normalized spacial score (nSPS) is 18.3. The fourth-order valence-corrected chi connectivity index (χ4v) is 7.00. The highest BCUT2D eigenvalue weighted by molar-refractivity contribution is 7.16. The Morgan fingerprint density at radius 1 is 1.23 bits per heavy atom. The number of hydrogen-bond acceptors (Lipinski definition) is 9. The van der Waals surface area contributed by atoms with Crippen molar-refractivity contribution in [1.29, 1.82) is 10.7 Å². The van der Waals surface area contributed by atoms with Gasteiger partial charge in [0.2, 0.25) is 11.8 Å². The quantitative estimate of drug-likeness (QED) is 0.223. The molecule has 2 amide bonds. The minimum absolute atomic E-state index is 0.118. The predicted octanol–water partition coefficient (Wildman–Crippen LogP) is 3.90. The number of carbonyl (C=O) groups excluding carboxylic acids is 2. The number of nitrogens with one attached hydrogen (secondary N) is 2. The van der Waals surface area contributed by atoms with Crippen LogP contribution in [0.4, 0.5) is 16.5 Å². The maximum absolute atomic E-state index is 13.8. The molecule has 0 radical (unpaired) electrons. The third kappa shape index (κ3) is 5.76. The summed E-state index contributed by atoms with van der Waals surface area (Å²) in [5, 5.41) is 22.0. The van der Waals surface area contributed by atoms with Gasteiger partial charge in [0.15, 0.2) is 5.84 Å². The SMILES string of the molecule is C=CC(=O)N(C)c1cccc(-c2cc(C(=N)NC(=O)C3(C)CCCc4sc(N)c(C#N)c43)nc(N3CCN(C)CC3)c2)c1. The second kappa shape index (κ2) is 12.0. The molecule has 5 rings (SSSR count). The van der Waals surface area contributed by atoms with Crippen LogP contribution in [0, 0.1) is 16.7 Å². The molecule has 0 spiro atoms. The predicted molar refractivity (Wildman–Crippen MR) is 172 cm³/mol. The average molecular weight is 597 g/mol. The molecule has 1 unspecified atom stereocenters. The number of nitrogens with zero attached hydrogens (tertiary/aromatic N) is 5. The number of anilines is 3. The van der Waals surface area contributed by atoms with E-state index < -0.39 is 5.41 Å². The summed E-state index contributed by atoms with van der Waals surface area (Å²) in [6.45, 7) is 8.73. The number of amides is 2. The van der Waals surface area contributed by atoms with E-state index in [1.807, 2.05) is 37.3 Å². The molecule has 1 fully saturated rings. The van der Waals surface area contributed by atoms with E-state index in [0.29, 0.717) is 39.7 Å². The van der Waals surface area contributed by atoms with Crippen LogP contribution in [0.25, 0.3) is 11.1 Å². The number of hydrogen-bond donors (Lipinski definition) is 3. The number of rotatable bonds is 6. The summed E-state index contributed by atoms with van der Waals surface area (Å²) in [5.74, 6) is 0.0191. The average Bonchev–Trinajstić information content (AvgIpc) is 3.36. The smallest absolute Gasteiger partial charge is 0.250 e. The van der Waals surface area contributed by atoms with Crippen molar-refractivity contribution in [3.05, 3.63) is 70.8 Å². The molecule has 0 bridgehead atoms.